The molecule has 1 unspecified atom stereocenters. The van der Waals surface area contributed by atoms with Crippen molar-refractivity contribution in [1.82, 2.24) is 4.90 Å². The second-order valence-corrected chi connectivity index (χ2v) is 7.88. The summed E-state index contributed by atoms with van der Waals surface area (Å²) in [6.45, 7) is 3.99. The Kier molecular flexibility index (Phi) is 4.78. The van der Waals surface area contributed by atoms with Crippen LogP contribution in [0.5, 0.6) is 0 Å². The van der Waals surface area contributed by atoms with Crippen LogP contribution in [-0.4, -0.2) is 43.0 Å². The number of rotatable bonds is 3. The summed E-state index contributed by atoms with van der Waals surface area (Å²) in [4.78, 5) is 30.7. The molecule has 3 heterocycles. The van der Waals surface area contributed by atoms with Gasteiger partial charge in [0.05, 0.1) is 11.0 Å². The minimum Gasteiger partial charge on any atom is -0.373 e. The van der Waals surface area contributed by atoms with E-state index >= 15 is 0 Å². The number of carbonyl (C=O) groups excluding carboxylic acids is 2. The van der Waals surface area contributed by atoms with E-state index in [9.17, 15) is 9.59 Å². The number of hydrogen-bond acceptors (Lipinski definition) is 4. The topological polar surface area (TPSA) is 49.9 Å². The van der Waals surface area contributed by atoms with Gasteiger partial charge in [0, 0.05) is 30.3 Å². The maximum absolute atomic E-state index is 12.8. The van der Waals surface area contributed by atoms with E-state index < -0.39 is 0 Å². The van der Waals surface area contributed by atoms with Gasteiger partial charge in [0.1, 0.15) is 6.54 Å². The first-order chi connectivity index (χ1) is 12.6. The van der Waals surface area contributed by atoms with Gasteiger partial charge < -0.3 is 14.5 Å². The van der Waals surface area contributed by atoms with Gasteiger partial charge in [-0.1, -0.05) is 18.2 Å². The molecule has 2 aliphatic rings. The summed E-state index contributed by atoms with van der Waals surface area (Å²) < 4.78 is 5.69. The lowest BCUT2D eigenvalue weighted by Crippen LogP contribution is -2.52. The predicted molar refractivity (Wildman–Crippen MR) is 102 cm³/mol. The molecule has 1 aromatic heterocycles. The molecule has 0 saturated carbocycles. The van der Waals surface area contributed by atoms with Crippen LogP contribution in [0.15, 0.2) is 36.4 Å². The Balaban J connectivity index is 1.44. The summed E-state index contributed by atoms with van der Waals surface area (Å²) in [7, 11) is 0. The van der Waals surface area contributed by atoms with Gasteiger partial charge in [0.2, 0.25) is 5.91 Å². The van der Waals surface area contributed by atoms with Crippen molar-refractivity contribution >= 4 is 28.8 Å². The predicted octanol–water partition coefficient (Wildman–Crippen LogP) is 3.40. The van der Waals surface area contributed by atoms with E-state index in [1.165, 1.54) is 11.3 Å². The zero-order chi connectivity index (χ0) is 18.1. The highest BCUT2D eigenvalue weighted by Crippen LogP contribution is 2.34. The first kappa shape index (κ1) is 17.2. The molecule has 1 aromatic carbocycles. The van der Waals surface area contributed by atoms with Crippen LogP contribution in [-0.2, 0) is 9.53 Å². The van der Waals surface area contributed by atoms with E-state index in [4.69, 9.17) is 4.74 Å². The number of hydrogen-bond donors (Lipinski definition) is 0. The highest BCUT2D eigenvalue weighted by molar-refractivity contribution is 7.14. The first-order valence-corrected chi connectivity index (χ1v) is 9.82. The second-order valence-electron chi connectivity index (χ2n) is 6.76. The highest BCUT2D eigenvalue weighted by atomic mass is 32.1. The van der Waals surface area contributed by atoms with E-state index in [-0.39, 0.29) is 24.5 Å². The minimum atomic E-state index is -0.0583. The largest absolute Gasteiger partial charge is 0.373 e. The molecule has 0 aliphatic carbocycles. The molecule has 0 radical (unpaired) electrons. The fourth-order valence-corrected chi connectivity index (χ4v) is 4.63. The lowest BCUT2D eigenvalue weighted by molar-refractivity contribution is -0.120. The molecule has 2 fully saturated rings. The van der Waals surface area contributed by atoms with Crippen LogP contribution in [0.2, 0.25) is 0 Å². The Hall–Kier alpha value is -2.18. The van der Waals surface area contributed by atoms with Gasteiger partial charge in [-0.3, -0.25) is 9.59 Å². The van der Waals surface area contributed by atoms with Crippen molar-refractivity contribution in [2.24, 2.45) is 0 Å². The van der Waals surface area contributed by atoms with Crippen molar-refractivity contribution in [1.29, 1.82) is 0 Å². The molecule has 0 bridgehead atoms. The fourth-order valence-electron chi connectivity index (χ4n) is 3.57. The van der Waals surface area contributed by atoms with Crippen LogP contribution in [0.25, 0.3) is 0 Å². The summed E-state index contributed by atoms with van der Waals surface area (Å²) >= 11 is 1.49. The third-order valence-corrected chi connectivity index (χ3v) is 6.16. The smallest absolute Gasteiger partial charge is 0.264 e. The third-order valence-electron chi connectivity index (χ3n) is 5.00. The lowest BCUT2D eigenvalue weighted by Gasteiger charge is -2.34. The number of nitrogens with zero attached hydrogens (tertiary/aromatic N) is 2. The standard InChI is InChI=1S/C20H22N2O3S/c1-14-5-2-3-6-15(14)22-11-10-21(13-19(22)23)20(24)18-9-8-17(26-18)16-7-4-12-25-16/h2-3,5-6,8-9,16H,4,7,10-13H2,1H3. The number of para-hydroxylation sites is 1. The molecule has 6 heteroatoms. The van der Waals surface area contributed by atoms with Crippen molar-refractivity contribution in [2.45, 2.75) is 25.9 Å². The summed E-state index contributed by atoms with van der Waals surface area (Å²) in [5, 5.41) is 0. The summed E-state index contributed by atoms with van der Waals surface area (Å²) in [6, 6.07) is 11.7. The van der Waals surface area contributed by atoms with Gasteiger partial charge >= 0.3 is 0 Å². The molecule has 4 rings (SSSR count). The van der Waals surface area contributed by atoms with Crippen LogP contribution in [0.1, 0.15) is 39.1 Å². The van der Waals surface area contributed by atoms with E-state index in [0.717, 1.165) is 35.6 Å². The lowest BCUT2D eigenvalue weighted by atomic mass is 10.1. The number of thiophene rings is 1. The number of amides is 2. The van der Waals surface area contributed by atoms with Crippen LogP contribution in [0.3, 0.4) is 0 Å². The van der Waals surface area contributed by atoms with Crippen LogP contribution in [0.4, 0.5) is 5.69 Å². The minimum absolute atomic E-state index is 0.0326. The molecule has 2 aliphatic heterocycles. The van der Waals surface area contributed by atoms with Crippen molar-refractivity contribution in [3.05, 3.63) is 51.7 Å². The molecule has 5 nitrogen and oxygen atoms in total. The summed E-state index contributed by atoms with van der Waals surface area (Å²) in [5.41, 5.74) is 2.00. The normalized spacial score (nSPS) is 20.7. The van der Waals surface area contributed by atoms with E-state index in [1.807, 2.05) is 43.3 Å². The number of anilines is 1. The molecular weight excluding hydrogens is 348 g/mol. The number of benzene rings is 1. The Bertz CT molecular complexity index is 826. The molecule has 0 N–H and O–H groups in total. The van der Waals surface area contributed by atoms with Gasteiger partial charge in [0.15, 0.2) is 0 Å². The zero-order valence-electron chi connectivity index (χ0n) is 14.8. The van der Waals surface area contributed by atoms with Gasteiger partial charge in [0.25, 0.3) is 5.91 Å². The van der Waals surface area contributed by atoms with Crippen LogP contribution >= 0.6 is 11.3 Å². The SMILES string of the molecule is Cc1ccccc1N1CCN(C(=O)c2ccc(C3CCCO3)s2)CC1=O. The molecular formula is C20H22N2O3S. The van der Waals surface area contributed by atoms with Gasteiger partial charge in [-0.05, 0) is 43.5 Å². The first-order valence-electron chi connectivity index (χ1n) is 9.00. The molecule has 2 aromatic rings. The maximum atomic E-state index is 12.8. The highest BCUT2D eigenvalue weighted by Gasteiger charge is 2.30. The van der Waals surface area contributed by atoms with Crippen LogP contribution in [0, 0.1) is 6.92 Å². The van der Waals surface area contributed by atoms with Crippen molar-refractivity contribution < 1.29 is 14.3 Å². The second kappa shape index (κ2) is 7.21. The fraction of sp³-hybridized carbons (Fsp3) is 0.400. The summed E-state index contributed by atoms with van der Waals surface area (Å²) in [6.07, 6.45) is 2.21. The number of piperazine rings is 1. The maximum Gasteiger partial charge on any atom is 0.264 e. The molecule has 1 atom stereocenters. The number of carbonyl (C=O) groups is 2. The van der Waals surface area contributed by atoms with Gasteiger partial charge in [-0.25, -0.2) is 0 Å². The average Bonchev–Trinajstić information content (AvgIpc) is 3.33. The molecule has 2 amide bonds. The molecule has 0 spiro atoms. The van der Waals surface area contributed by atoms with Crippen molar-refractivity contribution in [3.8, 4) is 0 Å². The molecule has 136 valence electrons. The quantitative estimate of drug-likeness (QED) is 0.832. The number of ether oxygens (including phenoxy) is 1. The van der Waals surface area contributed by atoms with E-state index in [2.05, 4.69) is 0 Å². The van der Waals surface area contributed by atoms with Gasteiger partial charge in [-0.15, -0.1) is 11.3 Å². The van der Waals surface area contributed by atoms with E-state index in [0.29, 0.717) is 18.0 Å². The number of aryl methyl sites for hydroxylation is 1. The van der Waals surface area contributed by atoms with Crippen molar-refractivity contribution in [2.75, 3.05) is 31.1 Å². The zero-order valence-corrected chi connectivity index (χ0v) is 15.6. The Morgan fingerprint density at radius 3 is 2.77 bits per heavy atom. The van der Waals surface area contributed by atoms with Crippen molar-refractivity contribution in [3.63, 3.8) is 0 Å². The van der Waals surface area contributed by atoms with E-state index in [1.54, 1.807) is 9.80 Å². The summed E-state index contributed by atoms with van der Waals surface area (Å²) in [5.74, 6) is -0.0909. The molecule has 26 heavy (non-hydrogen) atoms. The van der Waals surface area contributed by atoms with Gasteiger partial charge in [-0.2, -0.15) is 0 Å². The molecule has 2 saturated heterocycles. The Morgan fingerprint density at radius 2 is 2.04 bits per heavy atom. The Labute approximate surface area is 157 Å². The Morgan fingerprint density at radius 1 is 1.19 bits per heavy atom. The van der Waals surface area contributed by atoms with Crippen LogP contribution < -0.4 is 4.90 Å². The monoisotopic (exact) mass is 370 g/mol. The average molecular weight is 370 g/mol. The third kappa shape index (κ3) is 3.27.